The van der Waals surface area contributed by atoms with Crippen molar-refractivity contribution >= 4 is 15.9 Å². The summed E-state index contributed by atoms with van der Waals surface area (Å²) in [5.74, 6) is -0.388. The number of hydrogen-bond acceptors (Lipinski definition) is 2. The van der Waals surface area contributed by atoms with E-state index in [1.807, 2.05) is 0 Å². The topological polar surface area (TPSA) is 43.1 Å². The molecule has 5 heteroatoms. The molecule has 0 heterocycles. The molecular weight excluding hydrogens is 241 g/mol. The Morgan fingerprint density at radius 3 is 2.77 bits per heavy atom. The Labute approximate surface area is 82.8 Å². The summed E-state index contributed by atoms with van der Waals surface area (Å²) in [6.07, 6.45) is 0.261. The van der Waals surface area contributed by atoms with E-state index in [2.05, 4.69) is 15.9 Å². The Kier molecular flexibility index (Phi) is 3.36. The first-order chi connectivity index (χ1) is 6.09. The summed E-state index contributed by atoms with van der Waals surface area (Å²) in [6.45, 7) is -0.166. The van der Waals surface area contributed by atoms with Crippen molar-refractivity contribution in [1.82, 2.24) is 0 Å². The molecule has 0 radical (unpaired) electrons. The fraction of sp³-hybridized carbons (Fsp3) is 0.250. The van der Waals surface area contributed by atoms with Crippen molar-refractivity contribution in [3.05, 3.63) is 44.2 Å². The summed E-state index contributed by atoms with van der Waals surface area (Å²) < 4.78 is 13.3. The van der Waals surface area contributed by atoms with Crippen molar-refractivity contribution in [1.29, 1.82) is 0 Å². The number of benzene rings is 1. The van der Waals surface area contributed by atoms with Gasteiger partial charge in [0.05, 0.1) is 4.47 Å². The van der Waals surface area contributed by atoms with E-state index in [9.17, 15) is 14.5 Å². The van der Waals surface area contributed by atoms with E-state index in [-0.39, 0.29) is 18.8 Å². The predicted octanol–water partition coefficient (Wildman–Crippen LogP) is 2.41. The summed E-state index contributed by atoms with van der Waals surface area (Å²) in [7, 11) is 0. The van der Waals surface area contributed by atoms with E-state index in [4.69, 9.17) is 0 Å². The molecule has 13 heavy (non-hydrogen) atoms. The van der Waals surface area contributed by atoms with Crippen molar-refractivity contribution in [2.45, 2.75) is 6.42 Å². The van der Waals surface area contributed by atoms with E-state index in [1.54, 1.807) is 12.1 Å². The van der Waals surface area contributed by atoms with Crippen LogP contribution in [0.4, 0.5) is 4.39 Å². The lowest BCUT2D eigenvalue weighted by atomic mass is 10.1. The minimum atomic E-state index is -0.417. The van der Waals surface area contributed by atoms with Crippen LogP contribution in [0.25, 0.3) is 0 Å². The highest BCUT2D eigenvalue weighted by molar-refractivity contribution is 9.10. The fourth-order valence-corrected chi connectivity index (χ4v) is 1.16. The average molecular weight is 248 g/mol. The molecular formula is C8H7BrFNO2. The van der Waals surface area contributed by atoms with E-state index in [0.29, 0.717) is 10.0 Å². The van der Waals surface area contributed by atoms with Gasteiger partial charge >= 0.3 is 0 Å². The fourth-order valence-electron chi connectivity index (χ4n) is 0.916. The second kappa shape index (κ2) is 4.32. The predicted molar refractivity (Wildman–Crippen MR) is 49.7 cm³/mol. The zero-order chi connectivity index (χ0) is 9.84. The van der Waals surface area contributed by atoms with Crippen LogP contribution >= 0.6 is 15.9 Å². The molecule has 3 nitrogen and oxygen atoms in total. The molecule has 1 aromatic carbocycles. The highest BCUT2D eigenvalue weighted by Gasteiger charge is 2.03. The molecule has 0 saturated heterocycles. The van der Waals surface area contributed by atoms with Gasteiger partial charge in [0.2, 0.25) is 6.54 Å². The molecule has 0 saturated carbocycles. The number of nitrogens with zero attached hydrogens (tertiary/aromatic N) is 1. The SMILES string of the molecule is O=[N+]([O-])CCc1ccc(Br)c(F)c1. The molecule has 0 aliphatic rings. The number of halogens is 2. The van der Waals surface area contributed by atoms with Gasteiger partial charge in [-0.2, -0.15) is 0 Å². The lowest BCUT2D eigenvalue weighted by molar-refractivity contribution is -0.479. The normalized spacial score (nSPS) is 10.0. The summed E-state index contributed by atoms with van der Waals surface area (Å²) in [6, 6.07) is 4.51. The van der Waals surface area contributed by atoms with E-state index in [0.717, 1.165) is 0 Å². The van der Waals surface area contributed by atoms with Crippen molar-refractivity contribution in [3.63, 3.8) is 0 Å². The largest absolute Gasteiger partial charge is 0.265 e. The van der Waals surface area contributed by atoms with Crippen LogP contribution in [0.1, 0.15) is 5.56 Å². The van der Waals surface area contributed by atoms with Crippen LogP contribution in [0, 0.1) is 15.9 Å². The molecule has 0 fully saturated rings. The average Bonchev–Trinajstić information content (AvgIpc) is 2.07. The monoisotopic (exact) mass is 247 g/mol. The van der Waals surface area contributed by atoms with Crippen LogP contribution in [-0.2, 0) is 6.42 Å². The Hall–Kier alpha value is -0.970. The Balaban J connectivity index is 2.68. The van der Waals surface area contributed by atoms with Crippen molar-refractivity contribution in [2.75, 3.05) is 6.54 Å². The third-order valence-corrected chi connectivity index (χ3v) is 2.21. The number of nitro groups is 1. The van der Waals surface area contributed by atoms with E-state index in [1.165, 1.54) is 6.07 Å². The molecule has 0 atom stereocenters. The molecule has 0 spiro atoms. The zero-order valence-corrected chi connectivity index (χ0v) is 8.25. The molecule has 0 amide bonds. The van der Waals surface area contributed by atoms with Gasteiger partial charge in [0, 0.05) is 11.3 Å². The van der Waals surface area contributed by atoms with Gasteiger partial charge in [0.15, 0.2) is 0 Å². The molecule has 70 valence electrons. The number of hydrogen-bond donors (Lipinski definition) is 0. The molecule has 0 unspecified atom stereocenters. The first-order valence-corrected chi connectivity index (χ1v) is 4.44. The first kappa shape index (κ1) is 10.1. The smallest absolute Gasteiger partial charge is 0.207 e. The van der Waals surface area contributed by atoms with Gasteiger partial charge < -0.3 is 0 Å². The molecule has 0 aliphatic heterocycles. The second-order valence-electron chi connectivity index (χ2n) is 2.55. The lowest BCUT2D eigenvalue weighted by Crippen LogP contribution is -2.04. The van der Waals surface area contributed by atoms with Gasteiger partial charge in [-0.1, -0.05) is 6.07 Å². The van der Waals surface area contributed by atoms with Crippen LogP contribution in [0.2, 0.25) is 0 Å². The number of rotatable bonds is 3. The third-order valence-electron chi connectivity index (χ3n) is 1.57. The van der Waals surface area contributed by atoms with E-state index < -0.39 is 4.92 Å². The first-order valence-electron chi connectivity index (χ1n) is 3.65. The molecule has 1 rings (SSSR count). The van der Waals surface area contributed by atoms with Crippen LogP contribution in [0.5, 0.6) is 0 Å². The minimum absolute atomic E-state index is 0.166. The van der Waals surface area contributed by atoms with Gasteiger partial charge in [-0.3, -0.25) is 10.1 Å². The van der Waals surface area contributed by atoms with E-state index >= 15 is 0 Å². The zero-order valence-electron chi connectivity index (χ0n) is 6.67. The molecule has 0 aliphatic carbocycles. The maximum Gasteiger partial charge on any atom is 0.207 e. The molecule has 1 aromatic rings. The Bertz CT molecular complexity index is 330. The van der Waals surface area contributed by atoms with Crippen molar-refractivity contribution < 1.29 is 9.31 Å². The minimum Gasteiger partial charge on any atom is -0.265 e. The van der Waals surface area contributed by atoms with Gasteiger partial charge in [0.1, 0.15) is 5.82 Å². The van der Waals surface area contributed by atoms with Crippen LogP contribution in [-0.4, -0.2) is 11.5 Å². The van der Waals surface area contributed by atoms with Crippen LogP contribution in [0.3, 0.4) is 0 Å². The molecule has 0 N–H and O–H groups in total. The van der Waals surface area contributed by atoms with Gasteiger partial charge in [0.25, 0.3) is 0 Å². The van der Waals surface area contributed by atoms with Crippen molar-refractivity contribution in [2.24, 2.45) is 0 Å². The summed E-state index contributed by atoms with van der Waals surface area (Å²) in [5.41, 5.74) is 0.636. The third kappa shape index (κ3) is 3.10. The summed E-state index contributed by atoms with van der Waals surface area (Å²) in [4.78, 5) is 9.61. The maximum absolute atomic E-state index is 12.9. The van der Waals surface area contributed by atoms with Crippen molar-refractivity contribution in [3.8, 4) is 0 Å². The highest BCUT2D eigenvalue weighted by atomic mass is 79.9. The highest BCUT2D eigenvalue weighted by Crippen LogP contribution is 2.16. The molecule has 0 bridgehead atoms. The molecule has 0 aromatic heterocycles. The second-order valence-corrected chi connectivity index (χ2v) is 3.41. The van der Waals surface area contributed by atoms with Crippen LogP contribution < -0.4 is 0 Å². The summed E-state index contributed by atoms with van der Waals surface area (Å²) in [5, 5.41) is 10.0. The van der Waals surface area contributed by atoms with Crippen LogP contribution in [0.15, 0.2) is 22.7 Å². The van der Waals surface area contributed by atoms with Gasteiger partial charge in [-0.05, 0) is 33.6 Å². The quantitative estimate of drug-likeness (QED) is 0.608. The standard InChI is InChI=1S/C8H7BrFNO2/c9-7-2-1-6(5-8(7)10)3-4-11(12)13/h1-2,5H,3-4H2. The Morgan fingerprint density at radius 2 is 2.23 bits per heavy atom. The lowest BCUT2D eigenvalue weighted by Gasteiger charge is -1.98. The maximum atomic E-state index is 12.9. The Morgan fingerprint density at radius 1 is 1.54 bits per heavy atom. The van der Waals surface area contributed by atoms with Gasteiger partial charge in [-0.25, -0.2) is 4.39 Å². The summed E-state index contributed by atoms with van der Waals surface area (Å²) >= 11 is 3.00. The van der Waals surface area contributed by atoms with Gasteiger partial charge in [-0.15, -0.1) is 0 Å².